The Kier molecular flexibility index (Phi) is 5.21. The molecule has 0 aromatic heterocycles. The van der Waals surface area contributed by atoms with Gasteiger partial charge in [0.2, 0.25) is 5.91 Å². The fraction of sp³-hybridized carbons (Fsp3) is 0.417. The maximum Gasteiger partial charge on any atom is 0.255 e. The first-order valence-electron chi connectivity index (χ1n) is 10.3. The van der Waals surface area contributed by atoms with Crippen molar-refractivity contribution in [3.63, 3.8) is 0 Å². The summed E-state index contributed by atoms with van der Waals surface area (Å²) in [6.07, 6.45) is 4.60. The van der Waals surface area contributed by atoms with E-state index in [0.717, 1.165) is 56.3 Å². The van der Waals surface area contributed by atoms with Crippen molar-refractivity contribution in [3.05, 3.63) is 71.3 Å². The number of benzene rings is 2. The molecule has 0 bridgehead atoms. The average Bonchev–Trinajstić information content (AvgIpc) is 3.26. The molecule has 2 fully saturated rings. The van der Waals surface area contributed by atoms with Crippen molar-refractivity contribution in [2.75, 3.05) is 19.6 Å². The zero-order chi connectivity index (χ0) is 19.6. The van der Waals surface area contributed by atoms with Crippen LogP contribution in [-0.4, -0.2) is 46.8 Å². The summed E-state index contributed by atoms with van der Waals surface area (Å²) in [5.41, 5.74) is 2.37. The van der Waals surface area contributed by atoms with E-state index >= 15 is 0 Å². The minimum absolute atomic E-state index is 0.00930. The number of rotatable bonds is 5. The summed E-state index contributed by atoms with van der Waals surface area (Å²) in [5, 5.41) is 0. The van der Waals surface area contributed by atoms with Gasteiger partial charge in [0.15, 0.2) is 0 Å². The van der Waals surface area contributed by atoms with E-state index in [-0.39, 0.29) is 11.8 Å². The third-order valence-corrected chi connectivity index (χ3v) is 6.29. The van der Waals surface area contributed by atoms with E-state index in [0.29, 0.717) is 6.54 Å². The number of carbonyl (C=O) groups excluding carboxylic acids is 2. The van der Waals surface area contributed by atoms with Crippen LogP contribution in [0.5, 0.6) is 0 Å². The van der Waals surface area contributed by atoms with Gasteiger partial charge in [-0.1, -0.05) is 48.5 Å². The van der Waals surface area contributed by atoms with Gasteiger partial charge in [0.05, 0.1) is 0 Å². The van der Waals surface area contributed by atoms with Crippen molar-refractivity contribution < 1.29 is 9.59 Å². The van der Waals surface area contributed by atoms with Crippen LogP contribution in [0.1, 0.15) is 47.7 Å². The Morgan fingerprint density at radius 2 is 1.57 bits per heavy atom. The molecule has 0 N–H and O–H groups in total. The van der Waals surface area contributed by atoms with Crippen LogP contribution in [0.4, 0.5) is 0 Å². The fourth-order valence-electron chi connectivity index (χ4n) is 4.38. The summed E-state index contributed by atoms with van der Waals surface area (Å²) in [5.74, 6) is 0.108. The summed E-state index contributed by atoms with van der Waals surface area (Å²) < 4.78 is 0. The van der Waals surface area contributed by atoms with Crippen molar-refractivity contribution >= 4 is 11.8 Å². The summed E-state index contributed by atoms with van der Waals surface area (Å²) >= 11 is 0. The lowest BCUT2D eigenvalue weighted by Gasteiger charge is -2.50. The Morgan fingerprint density at radius 3 is 2.25 bits per heavy atom. The van der Waals surface area contributed by atoms with Gasteiger partial charge in [-0.25, -0.2) is 0 Å². The van der Waals surface area contributed by atoms with Crippen LogP contribution in [0.3, 0.4) is 0 Å². The molecule has 0 aliphatic carbocycles. The van der Waals surface area contributed by atoms with Gasteiger partial charge in [-0.05, 0) is 56.2 Å². The minimum atomic E-state index is -0.687. The van der Waals surface area contributed by atoms with Gasteiger partial charge < -0.3 is 9.80 Å². The largest absolute Gasteiger partial charge is 0.341 e. The molecule has 4 nitrogen and oxygen atoms in total. The van der Waals surface area contributed by atoms with Crippen LogP contribution < -0.4 is 0 Å². The van der Waals surface area contributed by atoms with Gasteiger partial charge in [0.1, 0.15) is 5.54 Å². The summed E-state index contributed by atoms with van der Waals surface area (Å²) in [7, 11) is 0. The summed E-state index contributed by atoms with van der Waals surface area (Å²) in [6, 6.07) is 18.2. The normalized spacial score (nSPS) is 21.5. The first kappa shape index (κ1) is 18.7. The highest BCUT2D eigenvalue weighted by atomic mass is 16.2. The first-order chi connectivity index (χ1) is 13.6. The molecule has 0 spiro atoms. The van der Waals surface area contributed by atoms with E-state index in [9.17, 15) is 9.59 Å². The molecule has 2 heterocycles. The lowest BCUT2D eigenvalue weighted by atomic mass is 9.83. The molecular weight excluding hydrogens is 348 g/mol. The highest BCUT2D eigenvalue weighted by Crippen LogP contribution is 2.35. The number of hydrogen-bond acceptors (Lipinski definition) is 2. The SMILES string of the molecule is CC1(C(=O)N2CCCC2)CCN1C(=O)c1ccccc1CCc1ccccc1. The number of aryl methyl sites for hydroxylation is 2. The molecule has 146 valence electrons. The minimum Gasteiger partial charge on any atom is -0.341 e. The molecule has 2 aliphatic heterocycles. The van der Waals surface area contributed by atoms with Crippen LogP contribution in [-0.2, 0) is 17.6 Å². The third kappa shape index (κ3) is 3.44. The van der Waals surface area contributed by atoms with Gasteiger partial charge in [-0.3, -0.25) is 9.59 Å². The number of amides is 2. The van der Waals surface area contributed by atoms with Crippen LogP contribution in [0, 0.1) is 0 Å². The maximum atomic E-state index is 13.3. The van der Waals surface area contributed by atoms with E-state index in [1.54, 1.807) is 4.90 Å². The smallest absolute Gasteiger partial charge is 0.255 e. The van der Waals surface area contributed by atoms with Crippen molar-refractivity contribution in [2.24, 2.45) is 0 Å². The molecule has 1 unspecified atom stereocenters. The van der Waals surface area contributed by atoms with Crippen molar-refractivity contribution in [2.45, 2.75) is 44.6 Å². The molecular formula is C24H28N2O2. The average molecular weight is 377 g/mol. The van der Waals surface area contributed by atoms with E-state index < -0.39 is 5.54 Å². The Hall–Kier alpha value is -2.62. The van der Waals surface area contributed by atoms with Crippen LogP contribution in [0.2, 0.25) is 0 Å². The molecule has 2 saturated heterocycles. The fourth-order valence-corrected chi connectivity index (χ4v) is 4.38. The Labute approximate surface area is 167 Å². The molecule has 28 heavy (non-hydrogen) atoms. The second-order valence-corrected chi connectivity index (χ2v) is 8.12. The highest BCUT2D eigenvalue weighted by molar-refractivity contribution is 6.01. The summed E-state index contributed by atoms with van der Waals surface area (Å²) in [6.45, 7) is 4.23. The van der Waals surface area contributed by atoms with Crippen molar-refractivity contribution in [3.8, 4) is 0 Å². The number of carbonyl (C=O) groups is 2. The van der Waals surface area contributed by atoms with E-state index in [1.165, 1.54) is 5.56 Å². The molecule has 0 radical (unpaired) electrons. The Morgan fingerprint density at radius 1 is 0.893 bits per heavy atom. The van der Waals surface area contributed by atoms with Crippen molar-refractivity contribution in [1.82, 2.24) is 9.80 Å². The van der Waals surface area contributed by atoms with Crippen LogP contribution >= 0.6 is 0 Å². The molecule has 0 saturated carbocycles. The molecule has 2 aliphatic rings. The second kappa shape index (κ2) is 7.78. The monoisotopic (exact) mass is 376 g/mol. The molecule has 2 aromatic carbocycles. The molecule has 2 amide bonds. The van der Waals surface area contributed by atoms with Crippen LogP contribution in [0.15, 0.2) is 54.6 Å². The maximum absolute atomic E-state index is 13.3. The van der Waals surface area contributed by atoms with Crippen LogP contribution in [0.25, 0.3) is 0 Å². The standard InChI is InChI=1S/C24H28N2O2/c1-24(23(28)25-16-7-8-17-25)15-18-26(24)22(27)21-12-6-5-11-20(21)14-13-19-9-3-2-4-10-19/h2-6,9-12H,7-8,13-18H2,1H3. The Balaban J connectivity index is 1.51. The van der Waals surface area contributed by atoms with Gasteiger partial charge in [-0.2, -0.15) is 0 Å². The number of nitrogens with zero attached hydrogens (tertiary/aromatic N) is 2. The second-order valence-electron chi connectivity index (χ2n) is 8.12. The highest BCUT2D eigenvalue weighted by Gasteiger charge is 2.51. The molecule has 1 atom stereocenters. The zero-order valence-corrected chi connectivity index (χ0v) is 16.6. The van der Waals surface area contributed by atoms with E-state index in [2.05, 4.69) is 12.1 Å². The molecule has 4 heteroatoms. The molecule has 4 rings (SSSR count). The predicted octanol–water partition coefficient (Wildman–Crippen LogP) is 3.70. The quantitative estimate of drug-likeness (QED) is 0.798. The zero-order valence-electron chi connectivity index (χ0n) is 16.6. The number of likely N-dealkylation sites (tertiary alicyclic amines) is 2. The molecule has 2 aromatic rings. The summed E-state index contributed by atoms with van der Waals surface area (Å²) in [4.78, 5) is 30.1. The Bertz CT molecular complexity index is 858. The van der Waals surface area contributed by atoms with Gasteiger partial charge in [0.25, 0.3) is 5.91 Å². The number of hydrogen-bond donors (Lipinski definition) is 0. The predicted molar refractivity (Wildman–Crippen MR) is 110 cm³/mol. The van der Waals surface area contributed by atoms with Gasteiger partial charge in [-0.15, -0.1) is 0 Å². The topological polar surface area (TPSA) is 40.6 Å². The first-order valence-corrected chi connectivity index (χ1v) is 10.3. The van der Waals surface area contributed by atoms with E-state index in [4.69, 9.17) is 0 Å². The lowest BCUT2D eigenvalue weighted by Crippen LogP contribution is -2.67. The third-order valence-electron chi connectivity index (χ3n) is 6.29. The lowest BCUT2D eigenvalue weighted by molar-refractivity contribution is -0.147. The van der Waals surface area contributed by atoms with Gasteiger partial charge in [0, 0.05) is 25.2 Å². The van der Waals surface area contributed by atoms with E-state index in [1.807, 2.05) is 54.3 Å². The van der Waals surface area contributed by atoms with Crippen molar-refractivity contribution in [1.29, 1.82) is 0 Å². The van der Waals surface area contributed by atoms with Gasteiger partial charge >= 0.3 is 0 Å².